The number of fused-ring (bicyclic) bond motifs is 1. The minimum atomic E-state index is -4.39. The lowest BCUT2D eigenvalue weighted by Gasteiger charge is -2.43. The largest absolute Gasteiger partial charge is 0.410 e. The molecule has 2 aliphatic rings. The maximum Gasteiger partial charge on any atom is 0.410 e. The van der Waals surface area contributed by atoms with Crippen LogP contribution >= 0.6 is 11.8 Å². The van der Waals surface area contributed by atoms with Crippen molar-refractivity contribution in [1.29, 1.82) is 0 Å². The van der Waals surface area contributed by atoms with E-state index in [1.807, 2.05) is 0 Å². The molecule has 0 radical (unpaired) electrons. The number of thioether (sulfide) groups is 1. The number of amides is 1. The number of carbonyl (C=O) groups is 1. The van der Waals surface area contributed by atoms with Crippen molar-refractivity contribution >= 4 is 17.7 Å². The van der Waals surface area contributed by atoms with Gasteiger partial charge in [0.05, 0.1) is 0 Å². The Morgan fingerprint density at radius 3 is 2.47 bits per heavy atom. The molecule has 0 spiro atoms. The number of alkyl halides is 3. The monoisotopic (exact) mass is 240 g/mol. The molecule has 2 fully saturated rings. The van der Waals surface area contributed by atoms with Crippen LogP contribution in [-0.2, 0) is 4.79 Å². The second kappa shape index (κ2) is 2.82. The summed E-state index contributed by atoms with van der Waals surface area (Å²) in [4.78, 5) is 12.1. The number of β-lactam (4-membered cyclic amide) rings is 1. The number of hydrogen-bond donors (Lipinski definition) is 1. The molecule has 2 saturated heterocycles. The van der Waals surface area contributed by atoms with Gasteiger partial charge in [0.1, 0.15) is 17.5 Å². The molecule has 0 aromatic heterocycles. The zero-order valence-corrected chi connectivity index (χ0v) is 9.02. The van der Waals surface area contributed by atoms with Gasteiger partial charge in [0.15, 0.2) is 0 Å². The van der Waals surface area contributed by atoms with Crippen LogP contribution in [0.2, 0.25) is 0 Å². The van der Waals surface area contributed by atoms with Crippen molar-refractivity contribution in [3.63, 3.8) is 0 Å². The second-order valence-electron chi connectivity index (χ2n) is 4.33. The van der Waals surface area contributed by atoms with Crippen LogP contribution in [-0.4, -0.2) is 39.2 Å². The van der Waals surface area contributed by atoms with Crippen molar-refractivity contribution in [3.8, 4) is 0 Å². The summed E-state index contributed by atoms with van der Waals surface area (Å²) in [5, 5.41) is -0.515. The molecule has 15 heavy (non-hydrogen) atoms. The van der Waals surface area contributed by atoms with Crippen LogP contribution in [0.3, 0.4) is 0 Å². The van der Waals surface area contributed by atoms with E-state index < -0.39 is 34.3 Å². The van der Waals surface area contributed by atoms with E-state index in [-0.39, 0.29) is 0 Å². The SMILES string of the molecule is CC1(C)SC2C(N)C(=O)N2C1C(F)(F)F. The highest BCUT2D eigenvalue weighted by atomic mass is 32.2. The van der Waals surface area contributed by atoms with Gasteiger partial charge in [-0.15, -0.1) is 11.8 Å². The smallest absolute Gasteiger partial charge is 0.317 e. The van der Waals surface area contributed by atoms with Gasteiger partial charge < -0.3 is 10.6 Å². The number of rotatable bonds is 0. The predicted octanol–water partition coefficient (Wildman–Crippen LogP) is 0.938. The molecule has 0 bridgehead atoms. The summed E-state index contributed by atoms with van der Waals surface area (Å²) < 4.78 is 37.3. The van der Waals surface area contributed by atoms with Gasteiger partial charge in [0, 0.05) is 4.75 Å². The second-order valence-corrected chi connectivity index (χ2v) is 6.10. The lowest BCUT2D eigenvalue weighted by Crippen LogP contribution is -2.69. The summed E-state index contributed by atoms with van der Waals surface area (Å²) in [6, 6.07) is -2.49. The van der Waals surface area contributed by atoms with E-state index in [4.69, 9.17) is 5.73 Å². The molecule has 2 N–H and O–H groups in total. The molecule has 2 rings (SSSR count). The third-order valence-corrected chi connectivity index (χ3v) is 4.38. The van der Waals surface area contributed by atoms with Crippen molar-refractivity contribution in [2.24, 2.45) is 5.73 Å². The van der Waals surface area contributed by atoms with Crippen LogP contribution in [0.4, 0.5) is 13.2 Å². The first-order chi connectivity index (χ1) is 6.66. The van der Waals surface area contributed by atoms with Crippen LogP contribution in [0.5, 0.6) is 0 Å². The van der Waals surface area contributed by atoms with Crippen molar-refractivity contribution in [2.75, 3.05) is 0 Å². The number of halogens is 3. The summed E-state index contributed by atoms with van der Waals surface area (Å²) >= 11 is 1.12. The molecular formula is C8H11F3N2OS. The Morgan fingerprint density at radius 1 is 1.47 bits per heavy atom. The zero-order valence-electron chi connectivity index (χ0n) is 8.21. The zero-order chi connectivity index (χ0) is 11.6. The normalized spacial score (nSPS) is 38.9. The van der Waals surface area contributed by atoms with E-state index in [0.29, 0.717) is 0 Å². The number of nitrogens with two attached hydrogens (primary N) is 1. The number of hydrogen-bond acceptors (Lipinski definition) is 3. The molecule has 0 aromatic carbocycles. The quantitative estimate of drug-likeness (QED) is 0.641. The van der Waals surface area contributed by atoms with Gasteiger partial charge in [-0.1, -0.05) is 0 Å². The first-order valence-electron chi connectivity index (χ1n) is 4.48. The molecule has 0 aliphatic carbocycles. The Kier molecular flexibility index (Phi) is 2.08. The molecule has 2 heterocycles. The van der Waals surface area contributed by atoms with Crippen LogP contribution < -0.4 is 5.73 Å². The lowest BCUT2D eigenvalue weighted by molar-refractivity contribution is -0.203. The first-order valence-corrected chi connectivity index (χ1v) is 5.36. The molecule has 3 nitrogen and oxygen atoms in total. The Morgan fingerprint density at radius 2 is 2.00 bits per heavy atom. The van der Waals surface area contributed by atoms with Gasteiger partial charge in [0.25, 0.3) is 0 Å². The number of carbonyl (C=O) groups excluding carboxylic acids is 1. The molecule has 1 amide bonds. The topological polar surface area (TPSA) is 46.3 Å². The molecular weight excluding hydrogens is 229 g/mol. The summed E-state index contributed by atoms with van der Waals surface area (Å²) in [5.41, 5.74) is 5.45. The van der Waals surface area contributed by atoms with Gasteiger partial charge in [-0.05, 0) is 13.8 Å². The van der Waals surface area contributed by atoms with E-state index in [1.165, 1.54) is 13.8 Å². The molecule has 2 aliphatic heterocycles. The molecule has 86 valence electrons. The van der Waals surface area contributed by atoms with Gasteiger partial charge in [-0.25, -0.2) is 0 Å². The Bertz CT molecular complexity index is 317. The molecule has 3 atom stereocenters. The Labute approximate surface area is 89.2 Å². The van der Waals surface area contributed by atoms with Crippen LogP contribution in [0.1, 0.15) is 13.8 Å². The highest BCUT2D eigenvalue weighted by molar-refractivity contribution is 8.01. The minimum absolute atomic E-state index is 0.515. The van der Waals surface area contributed by atoms with E-state index >= 15 is 0 Å². The van der Waals surface area contributed by atoms with Gasteiger partial charge in [-0.3, -0.25) is 4.79 Å². The maximum absolute atomic E-state index is 12.8. The fraction of sp³-hybridized carbons (Fsp3) is 0.875. The fourth-order valence-electron chi connectivity index (χ4n) is 2.18. The highest BCUT2D eigenvalue weighted by Gasteiger charge is 2.67. The van der Waals surface area contributed by atoms with Crippen molar-refractivity contribution in [2.45, 2.75) is 42.2 Å². The molecule has 0 aromatic rings. The maximum atomic E-state index is 12.8. The fourth-order valence-corrected chi connectivity index (χ4v) is 3.78. The van der Waals surface area contributed by atoms with E-state index in [2.05, 4.69) is 0 Å². The Balaban J connectivity index is 2.33. The van der Waals surface area contributed by atoms with Crippen molar-refractivity contribution in [1.82, 2.24) is 4.90 Å². The summed E-state index contributed by atoms with van der Waals surface area (Å²) in [7, 11) is 0. The van der Waals surface area contributed by atoms with Crippen molar-refractivity contribution < 1.29 is 18.0 Å². The van der Waals surface area contributed by atoms with Gasteiger partial charge >= 0.3 is 6.18 Å². The molecule has 3 unspecified atom stereocenters. The van der Waals surface area contributed by atoms with Gasteiger partial charge in [-0.2, -0.15) is 13.2 Å². The predicted molar refractivity (Wildman–Crippen MR) is 50.1 cm³/mol. The lowest BCUT2D eigenvalue weighted by atomic mass is 9.96. The third kappa shape index (κ3) is 1.36. The van der Waals surface area contributed by atoms with E-state index in [1.54, 1.807) is 0 Å². The molecule has 0 saturated carbocycles. The van der Waals surface area contributed by atoms with E-state index in [0.717, 1.165) is 16.7 Å². The van der Waals surface area contributed by atoms with Crippen molar-refractivity contribution in [3.05, 3.63) is 0 Å². The van der Waals surface area contributed by atoms with Crippen LogP contribution in [0.25, 0.3) is 0 Å². The average molecular weight is 240 g/mol. The van der Waals surface area contributed by atoms with E-state index in [9.17, 15) is 18.0 Å². The average Bonchev–Trinajstić information content (AvgIpc) is 2.33. The van der Waals surface area contributed by atoms with Gasteiger partial charge in [0.2, 0.25) is 5.91 Å². The minimum Gasteiger partial charge on any atom is -0.317 e. The van der Waals surface area contributed by atoms with Crippen LogP contribution in [0.15, 0.2) is 0 Å². The third-order valence-electron chi connectivity index (χ3n) is 2.79. The summed E-state index contributed by atoms with van der Waals surface area (Å²) in [5.74, 6) is -0.597. The standard InChI is InChI=1S/C8H11F3N2OS/c1-7(2)6(8(9,10)11)13-4(14)3(12)5(13)15-7/h3,5-6H,12H2,1-2H3. The summed E-state index contributed by atoms with van der Waals surface area (Å²) in [6.07, 6.45) is -4.39. The highest BCUT2D eigenvalue weighted by Crippen LogP contribution is 2.54. The summed E-state index contributed by atoms with van der Waals surface area (Å²) in [6.45, 7) is 2.99. The van der Waals surface area contributed by atoms with Crippen LogP contribution in [0, 0.1) is 0 Å². The molecule has 7 heteroatoms. The number of nitrogens with zero attached hydrogens (tertiary/aromatic N) is 1. The first kappa shape index (κ1) is 11.1. The Hall–Kier alpha value is -0.430.